The van der Waals surface area contributed by atoms with E-state index in [-0.39, 0.29) is 17.7 Å². The summed E-state index contributed by atoms with van der Waals surface area (Å²) < 4.78 is 5.01. The highest BCUT2D eigenvalue weighted by atomic mass is 16.4. The average Bonchev–Trinajstić information content (AvgIpc) is 3.12. The lowest BCUT2D eigenvalue weighted by Gasteiger charge is -2.23. The van der Waals surface area contributed by atoms with Gasteiger partial charge >= 0.3 is 5.76 Å². The summed E-state index contributed by atoms with van der Waals surface area (Å²) in [4.78, 5) is 41.5. The number of rotatable bonds is 4. The third-order valence-corrected chi connectivity index (χ3v) is 5.99. The fourth-order valence-corrected chi connectivity index (χ4v) is 4.26. The second-order valence-corrected chi connectivity index (χ2v) is 8.23. The standard InChI is InChI=1S/C26H23N3O4/c30-24-21(14-17-6-8-19(9-7-17)18-4-2-1-3-5-18)16-29(13-12-27-24)25(31)20-10-11-23-22(15-20)28-26(32)33-23/h1-11,15,21H,12-14,16H2,(H,27,30)(H,28,32)/t21-/m1/s1. The number of nitrogens with one attached hydrogen (secondary N) is 2. The Kier molecular flexibility index (Phi) is 5.52. The van der Waals surface area contributed by atoms with Crippen LogP contribution >= 0.6 is 0 Å². The number of hydrogen-bond donors (Lipinski definition) is 2. The second kappa shape index (κ2) is 8.78. The maximum Gasteiger partial charge on any atom is 0.417 e. The summed E-state index contributed by atoms with van der Waals surface area (Å²) >= 11 is 0. The molecule has 2 heterocycles. The molecular weight excluding hydrogens is 418 g/mol. The quantitative estimate of drug-likeness (QED) is 0.508. The predicted molar refractivity (Wildman–Crippen MR) is 125 cm³/mol. The summed E-state index contributed by atoms with van der Waals surface area (Å²) in [5.74, 6) is -1.14. The van der Waals surface area contributed by atoms with Crippen LogP contribution in [0.5, 0.6) is 0 Å². The van der Waals surface area contributed by atoms with Crippen molar-refractivity contribution in [2.45, 2.75) is 6.42 Å². The van der Waals surface area contributed by atoms with Gasteiger partial charge in [-0.25, -0.2) is 4.79 Å². The van der Waals surface area contributed by atoms with E-state index in [4.69, 9.17) is 4.42 Å². The molecule has 2 amide bonds. The molecule has 2 N–H and O–H groups in total. The zero-order valence-electron chi connectivity index (χ0n) is 17.9. The number of oxazole rings is 1. The maximum absolute atomic E-state index is 13.2. The van der Waals surface area contributed by atoms with Crippen molar-refractivity contribution in [3.8, 4) is 11.1 Å². The minimum Gasteiger partial charge on any atom is -0.408 e. The molecule has 7 nitrogen and oxygen atoms in total. The van der Waals surface area contributed by atoms with Gasteiger partial charge in [0, 0.05) is 25.2 Å². The van der Waals surface area contributed by atoms with Crippen LogP contribution in [0.4, 0.5) is 0 Å². The van der Waals surface area contributed by atoms with Crippen molar-refractivity contribution < 1.29 is 14.0 Å². The number of nitrogens with zero attached hydrogens (tertiary/aromatic N) is 1. The van der Waals surface area contributed by atoms with E-state index in [1.807, 2.05) is 30.3 Å². The number of carbonyl (C=O) groups is 2. The van der Waals surface area contributed by atoms with Crippen molar-refractivity contribution in [2.24, 2.45) is 5.92 Å². The fraction of sp³-hybridized carbons (Fsp3) is 0.192. The normalized spacial score (nSPS) is 16.4. The average molecular weight is 441 g/mol. The van der Waals surface area contributed by atoms with Crippen LogP contribution in [0.2, 0.25) is 0 Å². The van der Waals surface area contributed by atoms with Gasteiger partial charge in [-0.15, -0.1) is 0 Å². The Morgan fingerprint density at radius 2 is 1.73 bits per heavy atom. The number of aromatic nitrogens is 1. The number of H-pyrrole nitrogens is 1. The van der Waals surface area contributed by atoms with Crippen LogP contribution in [-0.4, -0.2) is 41.3 Å². The Morgan fingerprint density at radius 3 is 2.52 bits per heavy atom. The molecular formula is C26H23N3O4. The molecule has 0 bridgehead atoms. The summed E-state index contributed by atoms with van der Waals surface area (Å²) in [6, 6.07) is 23.2. The summed E-state index contributed by atoms with van der Waals surface area (Å²) in [5, 5.41) is 2.93. The molecule has 0 unspecified atom stereocenters. The lowest BCUT2D eigenvalue weighted by molar-refractivity contribution is -0.124. The van der Waals surface area contributed by atoms with Gasteiger partial charge in [-0.05, 0) is 41.3 Å². The summed E-state index contributed by atoms with van der Waals surface area (Å²) in [6.07, 6.45) is 0.540. The Morgan fingerprint density at radius 1 is 0.970 bits per heavy atom. The molecule has 0 saturated carbocycles. The lowest BCUT2D eigenvalue weighted by Crippen LogP contribution is -2.37. The third-order valence-electron chi connectivity index (χ3n) is 5.99. The molecule has 0 radical (unpaired) electrons. The first-order chi connectivity index (χ1) is 16.1. The van der Waals surface area contributed by atoms with E-state index in [1.54, 1.807) is 23.1 Å². The van der Waals surface area contributed by atoms with E-state index in [2.05, 4.69) is 34.6 Å². The van der Waals surface area contributed by atoms with Gasteiger partial charge in [0.05, 0.1) is 11.4 Å². The number of aromatic amines is 1. The van der Waals surface area contributed by atoms with Gasteiger partial charge in [0.2, 0.25) is 5.91 Å². The van der Waals surface area contributed by atoms with Crippen molar-refractivity contribution >= 4 is 22.9 Å². The first-order valence-corrected chi connectivity index (χ1v) is 10.9. The molecule has 1 fully saturated rings. The second-order valence-electron chi connectivity index (χ2n) is 8.23. The summed E-state index contributed by atoms with van der Waals surface area (Å²) in [5.41, 5.74) is 4.63. The molecule has 1 saturated heterocycles. The fourth-order valence-electron chi connectivity index (χ4n) is 4.26. The topological polar surface area (TPSA) is 95.4 Å². The molecule has 5 rings (SSSR count). The van der Waals surface area contributed by atoms with Crippen LogP contribution in [-0.2, 0) is 11.2 Å². The summed E-state index contributed by atoms with van der Waals surface area (Å²) in [7, 11) is 0. The smallest absolute Gasteiger partial charge is 0.408 e. The number of benzene rings is 3. The molecule has 166 valence electrons. The zero-order valence-corrected chi connectivity index (χ0v) is 17.9. The minimum atomic E-state index is -0.558. The maximum atomic E-state index is 13.2. The third kappa shape index (κ3) is 4.43. The highest BCUT2D eigenvalue weighted by Crippen LogP contribution is 2.22. The van der Waals surface area contributed by atoms with Crippen molar-refractivity contribution in [1.29, 1.82) is 0 Å². The lowest BCUT2D eigenvalue weighted by atomic mass is 9.96. The summed E-state index contributed by atoms with van der Waals surface area (Å²) in [6.45, 7) is 1.15. The predicted octanol–water partition coefficient (Wildman–Crippen LogP) is 3.22. The number of hydrogen-bond acceptors (Lipinski definition) is 4. The molecule has 4 aromatic rings. The van der Waals surface area contributed by atoms with E-state index < -0.39 is 5.76 Å². The van der Waals surface area contributed by atoms with Crippen LogP contribution in [0.3, 0.4) is 0 Å². The number of fused-ring (bicyclic) bond motifs is 1. The van der Waals surface area contributed by atoms with Crippen molar-refractivity contribution in [2.75, 3.05) is 19.6 Å². The zero-order chi connectivity index (χ0) is 22.8. The molecule has 0 aliphatic carbocycles. The van der Waals surface area contributed by atoms with Crippen LogP contribution in [0, 0.1) is 5.92 Å². The van der Waals surface area contributed by atoms with Crippen LogP contribution < -0.4 is 11.1 Å². The monoisotopic (exact) mass is 441 g/mol. The van der Waals surface area contributed by atoms with E-state index in [9.17, 15) is 14.4 Å². The molecule has 33 heavy (non-hydrogen) atoms. The molecule has 3 aromatic carbocycles. The van der Waals surface area contributed by atoms with Crippen LogP contribution in [0.1, 0.15) is 15.9 Å². The van der Waals surface area contributed by atoms with E-state index >= 15 is 0 Å². The molecule has 1 aliphatic rings. The van der Waals surface area contributed by atoms with Gasteiger partial charge < -0.3 is 14.6 Å². The van der Waals surface area contributed by atoms with Gasteiger partial charge in [0.15, 0.2) is 5.58 Å². The van der Waals surface area contributed by atoms with Gasteiger partial charge in [0.1, 0.15) is 0 Å². The molecule has 1 aliphatic heterocycles. The first-order valence-electron chi connectivity index (χ1n) is 10.9. The van der Waals surface area contributed by atoms with Gasteiger partial charge in [-0.2, -0.15) is 0 Å². The minimum absolute atomic E-state index is 0.0490. The largest absolute Gasteiger partial charge is 0.417 e. The molecule has 0 spiro atoms. The Hall–Kier alpha value is -4.13. The molecule has 1 atom stereocenters. The first kappa shape index (κ1) is 20.8. The SMILES string of the molecule is O=C1NCCN(C(=O)c2ccc3oc(=O)[nH]c3c2)C[C@H]1Cc1ccc(-c2ccccc2)cc1. The van der Waals surface area contributed by atoms with Gasteiger partial charge in [-0.1, -0.05) is 54.6 Å². The van der Waals surface area contributed by atoms with Crippen LogP contribution in [0.15, 0.2) is 82.0 Å². The van der Waals surface area contributed by atoms with E-state index in [0.717, 1.165) is 16.7 Å². The Bertz CT molecular complexity index is 1360. The van der Waals surface area contributed by atoms with Crippen LogP contribution in [0.25, 0.3) is 22.2 Å². The van der Waals surface area contributed by atoms with Gasteiger partial charge in [0.25, 0.3) is 5.91 Å². The van der Waals surface area contributed by atoms with E-state index in [0.29, 0.717) is 42.7 Å². The van der Waals surface area contributed by atoms with Crippen molar-refractivity contribution in [1.82, 2.24) is 15.2 Å². The number of amides is 2. The molecule has 1 aromatic heterocycles. The Labute approximate surface area is 190 Å². The number of carbonyl (C=O) groups excluding carboxylic acids is 2. The highest BCUT2D eigenvalue weighted by molar-refractivity contribution is 5.97. The van der Waals surface area contributed by atoms with Crippen molar-refractivity contribution in [3.05, 3.63) is 94.5 Å². The highest BCUT2D eigenvalue weighted by Gasteiger charge is 2.28. The molecule has 7 heteroatoms. The van der Waals surface area contributed by atoms with Gasteiger partial charge in [-0.3, -0.25) is 14.6 Å². The van der Waals surface area contributed by atoms with E-state index in [1.165, 1.54) is 0 Å². The Balaban J connectivity index is 1.32. The van der Waals surface area contributed by atoms with Crippen molar-refractivity contribution in [3.63, 3.8) is 0 Å².